The van der Waals surface area contributed by atoms with Crippen LogP contribution in [0.5, 0.6) is 5.75 Å². The molecule has 3 heterocycles. The van der Waals surface area contributed by atoms with E-state index in [1.54, 1.807) is 30.3 Å². The lowest BCUT2D eigenvalue weighted by Gasteiger charge is -2.29. The Hall–Kier alpha value is -3.06. The van der Waals surface area contributed by atoms with E-state index >= 15 is 0 Å². The van der Waals surface area contributed by atoms with Crippen LogP contribution in [0.25, 0.3) is 0 Å². The van der Waals surface area contributed by atoms with Crippen LogP contribution in [-0.2, 0) is 9.53 Å². The molecule has 0 aliphatic carbocycles. The number of carbonyl (C=O) groups excluding carboxylic acids is 2. The van der Waals surface area contributed by atoms with E-state index in [1.165, 1.54) is 24.3 Å². The van der Waals surface area contributed by atoms with Crippen LogP contribution < -0.4 is 4.74 Å². The summed E-state index contributed by atoms with van der Waals surface area (Å²) in [6, 6.07) is 9.46. The molecule has 0 spiro atoms. The van der Waals surface area contributed by atoms with Gasteiger partial charge in [-0.15, -0.1) is 0 Å². The van der Waals surface area contributed by atoms with Crippen LogP contribution >= 0.6 is 0 Å². The molecule has 1 aromatic carbocycles. The van der Waals surface area contributed by atoms with E-state index < -0.39 is 23.5 Å². The second-order valence-electron chi connectivity index (χ2n) is 6.81. The van der Waals surface area contributed by atoms with Gasteiger partial charge in [0.05, 0.1) is 31.1 Å². The predicted molar refractivity (Wildman–Crippen MR) is 99.1 cm³/mol. The number of amides is 1. The molecule has 2 aliphatic rings. The van der Waals surface area contributed by atoms with Gasteiger partial charge in [0.1, 0.15) is 5.75 Å². The van der Waals surface area contributed by atoms with Crippen molar-refractivity contribution < 1.29 is 28.6 Å². The van der Waals surface area contributed by atoms with Gasteiger partial charge in [0.2, 0.25) is 5.78 Å². The van der Waals surface area contributed by atoms with Crippen LogP contribution in [0.2, 0.25) is 0 Å². The zero-order chi connectivity index (χ0) is 19.7. The Kier molecular flexibility index (Phi) is 4.92. The minimum Gasteiger partial charge on any atom is -0.503 e. The lowest BCUT2D eigenvalue weighted by atomic mass is 9.94. The number of para-hydroxylation sites is 1. The zero-order valence-corrected chi connectivity index (χ0v) is 15.5. The van der Waals surface area contributed by atoms with Crippen molar-refractivity contribution in [1.29, 1.82) is 0 Å². The van der Waals surface area contributed by atoms with Gasteiger partial charge in [-0.1, -0.05) is 18.2 Å². The molecule has 7 nitrogen and oxygen atoms in total. The first-order valence-corrected chi connectivity index (χ1v) is 9.18. The van der Waals surface area contributed by atoms with E-state index in [0.29, 0.717) is 17.9 Å². The molecular formula is C21H21NO6. The lowest BCUT2D eigenvalue weighted by molar-refractivity contribution is -0.131. The minimum absolute atomic E-state index is 0.0116. The number of ketones is 1. The predicted octanol–water partition coefficient (Wildman–Crippen LogP) is 3.05. The van der Waals surface area contributed by atoms with E-state index in [4.69, 9.17) is 13.9 Å². The molecule has 28 heavy (non-hydrogen) atoms. The van der Waals surface area contributed by atoms with Crippen LogP contribution in [0.4, 0.5) is 0 Å². The Morgan fingerprint density at radius 3 is 2.79 bits per heavy atom. The van der Waals surface area contributed by atoms with Crippen LogP contribution in [0.1, 0.15) is 35.0 Å². The second kappa shape index (κ2) is 7.52. The summed E-state index contributed by atoms with van der Waals surface area (Å²) in [7, 11) is 1.53. The molecule has 1 aromatic heterocycles. The summed E-state index contributed by atoms with van der Waals surface area (Å²) < 4.78 is 16.4. The topological polar surface area (TPSA) is 89.2 Å². The lowest BCUT2D eigenvalue weighted by Crippen LogP contribution is -2.37. The van der Waals surface area contributed by atoms with Gasteiger partial charge in [-0.25, -0.2) is 0 Å². The van der Waals surface area contributed by atoms with Gasteiger partial charge >= 0.3 is 0 Å². The highest BCUT2D eigenvalue weighted by molar-refractivity contribution is 6.15. The molecule has 2 unspecified atom stereocenters. The molecule has 1 N–H and O–H groups in total. The Balaban J connectivity index is 1.80. The smallest absolute Gasteiger partial charge is 0.290 e. The average Bonchev–Trinajstić information content (AvgIpc) is 3.46. The van der Waals surface area contributed by atoms with Gasteiger partial charge < -0.3 is 23.9 Å². The Labute approximate surface area is 162 Å². The molecule has 1 amide bonds. The zero-order valence-electron chi connectivity index (χ0n) is 15.5. The van der Waals surface area contributed by atoms with E-state index in [1.807, 2.05) is 0 Å². The van der Waals surface area contributed by atoms with Crippen LogP contribution in [-0.4, -0.2) is 48.1 Å². The number of hydrogen-bond acceptors (Lipinski definition) is 6. The Morgan fingerprint density at radius 1 is 1.29 bits per heavy atom. The van der Waals surface area contributed by atoms with Crippen molar-refractivity contribution in [2.24, 2.45) is 0 Å². The summed E-state index contributed by atoms with van der Waals surface area (Å²) in [5, 5.41) is 10.6. The molecule has 7 heteroatoms. The van der Waals surface area contributed by atoms with E-state index in [2.05, 4.69) is 0 Å². The van der Waals surface area contributed by atoms with Crippen LogP contribution in [0.15, 0.2) is 58.4 Å². The highest BCUT2D eigenvalue weighted by atomic mass is 16.5. The molecule has 4 rings (SSSR count). The van der Waals surface area contributed by atoms with Gasteiger partial charge in [-0.3, -0.25) is 9.59 Å². The SMILES string of the molecule is COc1ccccc1C1C(C(=O)c2ccco2)=C(O)C(=O)N1CC1CCCO1. The molecule has 0 radical (unpaired) electrons. The summed E-state index contributed by atoms with van der Waals surface area (Å²) in [4.78, 5) is 27.5. The fraction of sp³-hybridized carbons (Fsp3) is 0.333. The minimum atomic E-state index is -0.787. The summed E-state index contributed by atoms with van der Waals surface area (Å²) in [6.45, 7) is 0.921. The normalized spacial score (nSPS) is 22.2. The molecule has 146 valence electrons. The maximum atomic E-state index is 13.1. The van der Waals surface area contributed by atoms with Gasteiger partial charge in [-0.2, -0.15) is 0 Å². The van der Waals surface area contributed by atoms with Crippen molar-refractivity contribution in [3.05, 3.63) is 65.3 Å². The quantitative estimate of drug-likeness (QED) is 0.772. The van der Waals surface area contributed by atoms with E-state index in [-0.39, 0.29) is 24.0 Å². The van der Waals surface area contributed by atoms with Gasteiger partial charge in [0.15, 0.2) is 11.5 Å². The van der Waals surface area contributed by atoms with Crippen LogP contribution in [0.3, 0.4) is 0 Å². The highest BCUT2D eigenvalue weighted by Gasteiger charge is 2.46. The molecule has 1 saturated heterocycles. The van der Waals surface area contributed by atoms with Crippen molar-refractivity contribution in [3.63, 3.8) is 0 Å². The van der Waals surface area contributed by atoms with E-state index in [9.17, 15) is 14.7 Å². The maximum absolute atomic E-state index is 13.1. The van der Waals surface area contributed by atoms with E-state index in [0.717, 1.165) is 12.8 Å². The molecule has 0 bridgehead atoms. The number of Topliss-reactive ketones (excluding diaryl/α,β-unsaturated/α-hetero) is 1. The van der Waals surface area contributed by atoms with Crippen LogP contribution in [0, 0.1) is 0 Å². The number of methoxy groups -OCH3 is 1. The first-order valence-electron chi connectivity index (χ1n) is 9.18. The fourth-order valence-corrected chi connectivity index (χ4v) is 3.84. The molecule has 2 atom stereocenters. The van der Waals surface area contributed by atoms with Crippen molar-refractivity contribution in [1.82, 2.24) is 4.90 Å². The molecule has 2 aromatic rings. The van der Waals surface area contributed by atoms with Gasteiger partial charge in [0, 0.05) is 18.7 Å². The number of aliphatic hydroxyl groups is 1. The third-order valence-corrected chi connectivity index (χ3v) is 5.15. The second-order valence-corrected chi connectivity index (χ2v) is 6.81. The van der Waals surface area contributed by atoms with Crippen molar-refractivity contribution >= 4 is 11.7 Å². The Morgan fingerprint density at radius 2 is 2.11 bits per heavy atom. The van der Waals surface area contributed by atoms with Crippen molar-refractivity contribution in [3.8, 4) is 5.75 Å². The number of nitrogens with zero attached hydrogens (tertiary/aromatic N) is 1. The summed E-state index contributed by atoms with van der Waals surface area (Å²) in [5.41, 5.74) is 0.609. The summed E-state index contributed by atoms with van der Waals surface area (Å²) >= 11 is 0. The van der Waals surface area contributed by atoms with Crippen molar-refractivity contribution in [2.45, 2.75) is 25.0 Å². The number of carbonyl (C=O) groups is 2. The monoisotopic (exact) mass is 383 g/mol. The number of aliphatic hydroxyl groups excluding tert-OH is 1. The average molecular weight is 383 g/mol. The first kappa shape index (κ1) is 18.3. The number of ether oxygens (including phenoxy) is 2. The Bertz CT molecular complexity index is 911. The summed E-state index contributed by atoms with van der Waals surface area (Å²) in [5.74, 6) is -1.09. The molecule has 2 aliphatic heterocycles. The highest BCUT2D eigenvalue weighted by Crippen LogP contribution is 2.42. The molecule has 0 saturated carbocycles. The number of rotatable bonds is 6. The standard InChI is InChI=1S/C21H21NO6/c1-26-15-8-3-2-7-14(15)18-17(19(23)16-9-5-11-28-16)20(24)21(25)22(18)12-13-6-4-10-27-13/h2-3,5,7-9,11,13,18,24H,4,6,10,12H2,1H3. The number of hydrogen-bond donors (Lipinski definition) is 1. The molecule has 1 fully saturated rings. The fourth-order valence-electron chi connectivity index (χ4n) is 3.84. The van der Waals surface area contributed by atoms with Crippen molar-refractivity contribution in [2.75, 3.05) is 20.3 Å². The third-order valence-electron chi connectivity index (χ3n) is 5.15. The number of benzene rings is 1. The van der Waals surface area contributed by atoms with Gasteiger partial charge in [-0.05, 0) is 31.0 Å². The third kappa shape index (κ3) is 3.07. The largest absolute Gasteiger partial charge is 0.503 e. The molecular weight excluding hydrogens is 362 g/mol. The maximum Gasteiger partial charge on any atom is 0.290 e. The summed E-state index contributed by atoms with van der Waals surface area (Å²) in [6.07, 6.45) is 2.99. The first-order chi connectivity index (χ1) is 13.6. The van der Waals surface area contributed by atoms with Gasteiger partial charge in [0.25, 0.3) is 5.91 Å². The number of furan rings is 1.